The minimum absolute atomic E-state index is 0.140. The first-order chi connectivity index (χ1) is 13.1. The molecule has 0 aliphatic heterocycles. The van der Waals surface area contributed by atoms with Gasteiger partial charge in [0.15, 0.2) is 0 Å². The minimum atomic E-state index is -0.140. The zero-order valence-electron chi connectivity index (χ0n) is 15.2. The smallest absolute Gasteiger partial charge is 0.255 e. The molecule has 3 aromatic carbocycles. The molecule has 4 rings (SSSR count). The third kappa shape index (κ3) is 3.53. The molecule has 0 atom stereocenters. The second-order valence-corrected chi connectivity index (χ2v) is 6.58. The molecular weight excluding hydrogens is 336 g/mol. The lowest BCUT2D eigenvalue weighted by molar-refractivity contribution is 0.102. The summed E-state index contributed by atoms with van der Waals surface area (Å²) in [5, 5.41) is 2.94. The van der Waals surface area contributed by atoms with Gasteiger partial charge >= 0.3 is 0 Å². The summed E-state index contributed by atoms with van der Waals surface area (Å²) in [5.74, 6) is 0.673. The van der Waals surface area contributed by atoms with E-state index in [4.69, 9.17) is 0 Å². The number of imidazole rings is 1. The monoisotopic (exact) mass is 356 g/mol. The van der Waals surface area contributed by atoms with Gasteiger partial charge in [-0.25, -0.2) is 4.98 Å². The van der Waals surface area contributed by atoms with E-state index in [1.165, 1.54) is 0 Å². The summed E-state index contributed by atoms with van der Waals surface area (Å²) in [4.78, 5) is 22.5. The van der Waals surface area contributed by atoms with Crippen LogP contribution in [0.15, 0.2) is 72.8 Å². The van der Waals surface area contributed by atoms with Crippen molar-refractivity contribution >= 4 is 28.3 Å². The van der Waals surface area contributed by atoms with Gasteiger partial charge in [0.2, 0.25) is 0 Å². The van der Waals surface area contributed by atoms with Crippen LogP contribution in [0.4, 0.5) is 11.4 Å². The third-order valence-corrected chi connectivity index (χ3v) is 4.43. The van der Waals surface area contributed by atoms with Crippen LogP contribution in [0.1, 0.15) is 10.4 Å². The van der Waals surface area contributed by atoms with Gasteiger partial charge in [0, 0.05) is 36.6 Å². The summed E-state index contributed by atoms with van der Waals surface area (Å²) in [7, 11) is 3.94. The lowest BCUT2D eigenvalue weighted by atomic mass is 10.2. The maximum atomic E-state index is 12.5. The van der Waals surface area contributed by atoms with Gasteiger partial charge in [0.25, 0.3) is 5.91 Å². The molecule has 0 bridgehead atoms. The van der Waals surface area contributed by atoms with E-state index in [9.17, 15) is 4.79 Å². The number of benzene rings is 3. The first kappa shape index (κ1) is 16.8. The highest BCUT2D eigenvalue weighted by Crippen LogP contribution is 2.23. The van der Waals surface area contributed by atoms with Crippen LogP contribution in [0.25, 0.3) is 22.4 Å². The zero-order valence-corrected chi connectivity index (χ0v) is 15.2. The van der Waals surface area contributed by atoms with Crippen LogP contribution in [-0.2, 0) is 0 Å². The molecule has 0 aliphatic carbocycles. The number of H-pyrrole nitrogens is 1. The van der Waals surface area contributed by atoms with Crippen molar-refractivity contribution in [2.45, 2.75) is 0 Å². The van der Waals surface area contributed by atoms with Crippen LogP contribution >= 0.6 is 0 Å². The van der Waals surface area contributed by atoms with E-state index in [1.807, 2.05) is 91.8 Å². The van der Waals surface area contributed by atoms with Crippen LogP contribution in [-0.4, -0.2) is 30.0 Å². The van der Waals surface area contributed by atoms with Crippen molar-refractivity contribution in [3.8, 4) is 11.4 Å². The van der Waals surface area contributed by atoms with Gasteiger partial charge in [0.05, 0.1) is 11.0 Å². The predicted octanol–water partition coefficient (Wildman–Crippen LogP) is 4.55. The first-order valence-corrected chi connectivity index (χ1v) is 8.74. The number of fused-ring (bicyclic) bond motifs is 1. The second kappa shape index (κ2) is 6.96. The summed E-state index contributed by atoms with van der Waals surface area (Å²) in [6.07, 6.45) is 0. The average Bonchev–Trinajstić information content (AvgIpc) is 3.12. The average molecular weight is 356 g/mol. The number of nitrogens with zero attached hydrogens (tertiary/aromatic N) is 2. The normalized spacial score (nSPS) is 10.7. The van der Waals surface area contributed by atoms with E-state index < -0.39 is 0 Å². The number of amides is 1. The Morgan fingerprint density at radius 2 is 1.70 bits per heavy atom. The molecule has 0 spiro atoms. The summed E-state index contributed by atoms with van der Waals surface area (Å²) < 4.78 is 0. The van der Waals surface area contributed by atoms with E-state index in [1.54, 1.807) is 0 Å². The van der Waals surface area contributed by atoms with Crippen molar-refractivity contribution in [3.05, 3.63) is 78.4 Å². The number of anilines is 2. The molecule has 2 N–H and O–H groups in total. The van der Waals surface area contributed by atoms with Gasteiger partial charge in [0.1, 0.15) is 5.82 Å². The Morgan fingerprint density at radius 1 is 0.963 bits per heavy atom. The van der Waals surface area contributed by atoms with Gasteiger partial charge in [-0.15, -0.1) is 0 Å². The fourth-order valence-corrected chi connectivity index (χ4v) is 2.93. The van der Waals surface area contributed by atoms with Gasteiger partial charge in [-0.2, -0.15) is 0 Å². The molecule has 0 saturated carbocycles. The van der Waals surface area contributed by atoms with Crippen LogP contribution in [0, 0.1) is 0 Å². The molecule has 0 saturated heterocycles. The Labute approximate surface area is 157 Å². The van der Waals surface area contributed by atoms with Crippen LogP contribution in [0.2, 0.25) is 0 Å². The molecule has 0 aliphatic rings. The van der Waals surface area contributed by atoms with Crippen molar-refractivity contribution in [2.24, 2.45) is 0 Å². The number of aromatic amines is 1. The number of hydrogen-bond acceptors (Lipinski definition) is 3. The number of rotatable bonds is 4. The van der Waals surface area contributed by atoms with Gasteiger partial charge < -0.3 is 15.2 Å². The summed E-state index contributed by atoms with van der Waals surface area (Å²) in [6.45, 7) is 0. The highest BCUT2D eigenvalue weighted by atomic mass is 16.1. The van der Waals surface area contributed by atoms with E-state index in [0.717, 1.165) is 33.8 Å². The molecule has 4 aromatic rings. The summed E-state index contributed by atoms with van der Waals surface area (Å²) >= 11 is 0. The number of hydrogen-bond donors (Lipinski definition) is 2. The van der Waals surface area contributed by atoms with E-state index in [2.05, 4.69) is 15.3 Å². The zero-order chi connectivity index (χ0) is 18.8. The molecule has 134 valence electrons. The standard InChI is InChI=1S/C22H20N4O/c1-26(2)18-11-8-16(9-12-18)22(27)23-17-10-13-19-20(14-17)25-21(24-19)15-6-4-3-5-7-15/h3-14H,1-2H3,(H,23,27)(H,24,25). The van der Waals surface area contributed by atoms with Crippen molar-refractivity contribution < 1.29 is 4.79 Å². The Morgan fingerprint density at radius 3 is 2.41 bits per heavy atom. The van der Waals surface area contributed by atoms with Crippen LogP contribution in [0.5, 0.6) is 0 Å². The fourth-order valence-electron chi connectivity index (χ4n) is 2.93. The number of carbonyl (C=O) groups is 1. The summed E-state index contributed by atoms with van der Waals surface area (Å²) in [5.41, 5.74) is 5.16. The molecule has 1 heterocycles. The molecule has 5 heteroatoms. The molecule has 1 aromatic heterocycles. The lowest BCUT2D eigenvalue weighted by Crippen LogP contribution is -2.13. The number of nitrogens with one attached hydrogen (secondary N) is 2. The minimum Gasteiger partial charge on any atom is -0.378 e. The quantitative estimate of drug-likeness (QED) is 0.564. The lowest BCUT2D eigenvalue weighted by Gasteiger charge is -2.12. The molecular formula is C22H20N4O. The third-order valence-electron chi connectivity index (χ3n) is 4.43. The van der Waals surface area contributed by atoms with Gasteiger partial charge in [-0.05, 0) is 42.5 Å². The largest absolute Gasteiger partial charge is 0.378 e. The molecule has 0 unspecified atom stereocenters. The molecule has 5 nitrogen and oxygen atoms in total. The second-order valence-electron chi connectivity index (χ2n) is 6.58. The van der Waals surface area contributed by atoms with Crippen molar-refractivity contribution in [3.63, 3.8) is 0 Å². The van der Waals surface area contributed by atoms with Crippen molar-refractivity contribution in [1.82, 2.24) is 9.97 Å². The van der Waals surface area contributed by atoms with Crippen molar-refractivity contribution in [2.75, 3.05) is 24.3 Å². The number of carbonyl (C=O) groups excluding carboxylic acids is 1. The predicted molar refractivity (Wildman–Crippen MR) is 110 cm³/mol. The van der Waals surface area contributed by atoms with Crippen LogP contribution < -0.4 is 10.2 Å². The van der Waals surface area contributed by atoms with Crippen LogP contribution in [0.3, 0.4) is 0 Å². The Bertz CT molecular complexity index is 1080. The van der Waals surface area contributed by atoms with E-state index in [-0.39, 0.29) is 5.91 Å². The van der Waals surface area contributed by atoms with Gasteiger partial charge in [-0.1, -0.05) is 30.3 Å². The highest BCUT2D eigenvalue weighted by molar-refractivity contribution is 6.05. The SMILES string of the molecule is CN(C)c1ccc(C(=O)Nc2ccc3[nH]c(-c4ccccc4)nc3c2)cc1. The highest BCUT2D eigenvalue weighted by Gasteiger charge is 2.09. The molecule has 27 heavy (non-hydrogen) atoms. The number of aromatic nitrogens is 2. The first-order valence-electron chi connectivity index (χ1n) is 8.74. The fraction of sp³-hybridized carbons (Fsp3) is 0.0909. The maximum Gasteiger partial charge on any atom is 0.255 e. The summed E-state index contributed by atoms with van der Waals surface area (Å²) in [6, 6.07) is 23.2. The Kier molecular flexibility index (Phi) is 4.34. The van der Waals surface area contributed by atoms with Crippen molar-refractivity contribution in [1.29, 1.82) is 0 Å². The van der Waals surface area contributed by atoms with E-state index >= 15 is 0 Å². The maximum absolute atomic E-state index is 12.5. The molecule has 0 fully saturated rings. The Hall–Kier alpha value is -3.60. The topological polar surface area (TPSA) is 61.0 Å². The molecule has 0 radical (unpaired) electrons. The molecule has 1 amide bonds. The Balaban J connectivity index is 1.56. The van der Waals surface area contributed by atoms with E-state index in [0.29, 0.717) is 5.56 Å². The van der Waals surface area contributed by atoms with Gasteiger partial charge in [-0.3, -0.25) is 4.79 Å².